The number of hydrogen-bond acceptors (Lipinski definition) is 5. The Morgan fingerprint density at radius 3 is 1.93 bits per heavy atom. The summed E-state index contributed by atoms with van der Waals surface area (Å²) in [6, 6.07) is 33.1. The van der Waals surface area contributed by atoms with Crippen molar-refractivity contribution in [2.24, 2.45) is 10.2 Å². The smallest absolute Gasteiger partial charge is 0.173 e. The lowest BCUT2D eigenvalue weighted by atomic mass is 10.1. The maximum absolute atomic E-state index is 4.54. The van der Waals surface area contributed by atoms with Crippen LogP contribution < -0.4 is 19.9 Å². The van der Waals surface area contributed by atoms with Gasteiger partial charge in [0.25, 0.3) is 0 Å². The van der Waals surface area contributed by atoms with E-state index in [9.17, 15) is 0 Å². The Morgan fingerprint density at radius 1 is 0.750 bits per heavy atom. The van der Waals surface area contributed by atoms with Crippen molar-refractivity contribution in [3.05, 3.63) is 150 Å². The topological polar surface area (TPSA) is 47.1 Å². The Balaban J connectivity index is 1.22. The third-order valence-corrected chi connectivity index (χ3v) is 6.36. The van der Waals surface area contributed by atoms with Gasteiger partial charge in [-0.2, -0.15) is 10.2 Å². The molecule has 1 aromatic heterocycles. The van der Waals surface area contributed by atoms with Gasteiger partial charge in [0.1, 0.15) is 0 Å². The van der Waals surface area contributed by atoms with E-state index in [1.807, 2.05) is 122 Å². The number of hydrogen-bond donors (Lipinski definition) is 1. The van der Waals surface area contributed by atoms with Gasteiger partial charge >= 0.3 is 0 Å². The maximum Gasteiger partial charge on any atom is 0.173 e. The SMILES string of the molecule is C/C=C(\C=C/NCc1ccc(C[n+]2ccc(/C=N/N(C)c3ccccc3)cc2)cc1)/C=N/N(C)c1ccccc1. The Labute approximate surface area is 237 Å². The highest BCUT2D eigenvalue weighted by atomic mass is 15.4. The number of aromatic nitrogens is 1. The molecule has 1 heterocycles. The zero-order valence-electron chi connectivity index (χ0n) is 23.4. The number of hydrazone groups is 2. The van der Waals surface area contributed by atoms with E-state index in [2.05, 4.69) is 68.9 Å². The summed E-state index contributed by atoms with van der Waals surface area (Å²) in [5, 5.41) is 16.2. The summed E-state index contributed by atoms with van der Waals surface area (Å²) in [7, 11) is 3.89. The molecule has 0 aliphatic carbocycles. The second-order valence-electron chi connectivity index (χ2n) is 9.33. The van der Waals surface area contributed by atoms with Crippen LogP contribution in [-0.2, 0) is 13.1 Å². The molecule has 0 unspecified atom stereocenters. The van der Waals surface area contributed by atoms with Crippen molar-refractivity contribution < 1.29 is 4.57 Å². The minimum Gasteiger partial charge on any atom is -0.387 e. The van der Waals surface area contributed by atoms with Gasteiger partial charge in [0.15, 0.2) is 18.9 Å². The first-order chi connectivity index (χ1) is 19.6. The van der Waals surface area contributed by atoms with Gasteiger partial charge in [-0.25, -0.2) is 4.57 Å². The Hall–Kier alpha value is -4.97. The van der Waals surface area contributed by atoms with Gasteiger partial charge in [-0.05, 0) is 54.6 Å². The average Bonchev–Trinajstić information content (AvgIpc) is 3.01. The average molecular weight is 530 g/mol. The highest BCUT2D eigenvalue weighted by molar-refractivity contribution is 5.82. The number of benzene rings is 3. The van der Waals surface area contributed by atoms with Crippen LogP contribution in [0, 0.1) is 0 Å². The first kappa shape index (κ1) is 28.0. The molecule has 4 aromatic rings. The number of para-hydroxylation sites is 2. The van der Waals surface area contributed by atoms with Crippen molar-refractivity contribution in [1.29, 1.82) is 0 Å². The summed E-state index contributed by atoms with van der Waals surface area (Å²) in [6.45, 7) is 3.58. The van der Waals surface area contributed by atoms with Gasteiger partial charge < -0.3 is 5.32 Å². The molecule has 0 bridgehead atoms. The van der Waals surface area contributed by atoms with Crippen molar-refractivity contribution in [1.82, 2.24) is 5.32 Å². The predicted molar refractivity (Wildman–Crippen MR) is 168 cm³/mol. The number of rotatable bonds is 12. The van der Waals surface area contributed by atoms with Crippen LogP contribution in [0.3, 0.4) is 0 Å². The van der Waals surface area contributed by atoms with Crippen LogP contribution >= 0.6 is 0 Å². The zero-order chi connectivity index (χ0) is 28.0. The lowest BCUT2D eigenvalue weighted by Gasteiger charge is -2.12. The zero-order valence-corrected chi connectivity index (χ0v) is 23.4. The Bertz CT molecular complexity index is 1420. The van der Waals surface area contributed by atoms with E-state index in [-0.39, 0.29) is 0 Å². The van der Waals surface area contributed by atoms with Gasteiger partial charge in [-0.15, -0.1) is 0 Å². The molecule has 0 radical (unpaired) electrons. The lowest BCUT2D eigenvalue weighted by Crippen LogP contribution is -2.33. The van der Waals surface area contributed by atoms with Crippen molar-refractivity contribution in [3.63, 3.8) is 0 Å². The summed E-state index contributed by atoms with van der Waals surface area (Å²) in [6.07, 6.45) is 13.9. The molecule has 0 aliphatic rings. The number of allylic oxidation sites excluding steroid dienone is 3. The molecule has 0 spiro atoms. The van der Waals surface area contributed by atoms with Crippen LogP contribution in [0.4, 0.5) is 11.4 Å². The van der Waals surface area contributed by atoms with Gasteiger partial charge in [0, 0.05) is 43.9 Å². The summed E-state index contributed by atoms with van der Waals surface area (Å²) >= 11 is 0. The largest absolute Gasteiger partial charge is 0.387 e. The first-order valence-corrected chi connectivity index (χ1v) is 13.4. The van der Waals surface area contributed by atoms with Gasteiger partial charge in [-0.3, -0.25) is 10.0 Å². The van der Waals surface area contributed by atoms with E-state index in [1.165, 1.54) is 11.1 Å². The molecule has 0 aliphatic heterocycles. The van der Waals surface area contributed by atoms with Crippen molar-refractivity contribution in [3.8, 4) is 0 Å². The maximum atomic E-state index is 4.54. The fourth-order valence-electron chi connectivity index (χ4n) is 3.91. The molecular weight excluding hydrogens is 492 g/mol. The highest BCUT2D eigenvalue weighted by Gasteiger charge is 2.04. The van der Waals surface area contributed by atoms with Crippen LogP contribution in [0.1, 0.15) is 23.6 Å². The Kier molecular flexibility index (Phi) is 10.4. The van der Waals surface area contributed by atoms with Crippen molar-refractivity contribution in [2.75, 3.05) is 24.1 Å². The molecule has 3 aromatic carbocycles. The summed E-state index contributed by atoms with van der Waals surface area (Å²) in [5.74, 6) is 0. The molecular formula is C34H37N6+. The number of anilines is 2. The Morgan fingerprint density at radius 2 is 1.32 bits per heavy atom. The van der Waals surface area contributed by atoms with Gasteiger partial charge in [-0.1, -0.05) is 66.7 Å². The summed E-state index contributed by atoms with van der Waals surface area (Å²) in [4.78, 5) is 0. The third kappa shape index (κ3) is 8.81. The summed E-state index contributed by atoms with van der Waals surface area (Å²) in [5.41, 5.74) is 6.68. The number of nitrogens with zero attached hydrogens (tertiary/aromatic N) is 5. The van der Waals surface area contributed by atoms with Gasteiger partial charge in [0.2, 0.25) is 0 Å². The van der Waals surface area contributed by atoms with Crippen LogP contribution in [-0.4, -0.2) is 26.5 Å². The molecule has 4 rings (SSSR count). The number of pyridine rings is 1. The van der Waals surface area contributed by atoms with E-state index >= 15 is 0 Å². The van der Waals surface area contributed by atoms with E-state index < -0.39 is 0 Å². The summed E-state index contributed by atoms with van der Waals surface area (Å²) < 4.78 is 2.17. The molecule has 6 heteroatoms. The van der Waals surface area contributed by atoms with Gasteiger partial charge in [0.05, 0.1) is 23.8 Å². The van der Waals surface area contributed by atoms with E-state index in [1.54, 1.807) is 0 Å². The fourth-order valence-corrected chi connectivity index (χ4v) is 3.91. The van der Waals surface area contributed by atoms with Crippen LogP contribution in [0.5, 0.6) is 0 Å². The molecule has 6 nitrogen and oxygen atoms in total. The predicted octanol–water partition coefficient (Wildman–Crippen LogP) is 6.16. The minimum atomic E-state index is 0.757. The molecule has 40 heavy (non-hydrogen) atoms. The molecule has 0 atom stereocenters. The second kappa shape index (κ2) is 14.8. The first-order valence-electron chi connectivity index (χ1n) is 13.4. The van der Waals surface area contributed by atoms with Crippen LogP contribution in [0.15, 0.2) is 144 Å². The van der Waals surface area contributed by atoms with Crippen LogP contribution in [0.25, 0.3) is 0 Å². The van der Waals surface area contributed by atoms with Crippen molar-refractivity contribution in [2.45, 2.75) is 20.0 Å². The normalized spacial score (nSPS) is 11.9. The van der Waals surface area contributed by atoms with E-state index in [0.717, 1.165) is 35.6 Å². The highest BCUT2D eigenvalue weighted by Crippen LogP contribution is 2.12. The molecule has 202 valence electrons. The quantitative estimate of drug-likeness (QED) is 0.103. The van der Waals surface area contributed by atoms with E-state index in [0.29, 0.717) is 0 Å². The monoisotopic (exact) mass is 529 g/mol. The molecule has 1 N–H and O–H groups in total. The molecule has 0 fully saturated rings. The number of nitrogens with one attached hydrogen (secondary N) is 1. The molecule has 0 amide bonds. The molecule has 0 saturated carbocycles. The lowest BCUT2D eigenvalue weighted by molar-refractivity contribution is -0.688. The second-order valence-corrected chi connectivity index (χ2v) is 9.33. The van der Waals surface area contributed by atoms with E-state index in [4.69, 9.17) is 0 Å². The third-order valence-electron chi connectivity index (χ3n) is 6.36. The van der Waals surface area contributed by atoms with Crippen molar-refractivity contribution >= 4 is 23.8 Å². The van der Waals surface area contributed by atoms with Crippen LogP contribution in [0.2, 0.25) is 0 Å². The fraction of sp³-hybridized carbons (Fsp3) is 0.147. The molecule has 0 saturated heterocycles. The minimum absolute atomic E-state index is 0.757. The standard InChI is InChI=1S/C34H37N6/c1-4-29(26-36-38(2)33-11-7-5-8-12-33)19-22-35-25-30-15-17-32(18-16-30)28-40-23-20-31(21-24-40)27-37-39(3)34-13-9-6-10-14-34/h4-24,26-27,35H,25,28H2,1-3H3/q+1/b22-19-,29-4+,36-26+.